The SMILES string of the molecule is CC(C)Oc1cc(NCCc2ncno2)c(N)cc1F. The highest BCUT2D eigenvalue weighted by Crippen LogP contribution is 2.28. The lowest BCUT2D eigenvalue weighted by atomic mass is 10.2. The normalized spacial score (nSPS) is 10.8. The maximum atomic E-state index is 13.7. The molecule has 108 valence electrons. The van der Waals surface area contributed by atoms with Crippen molar-refractivity contribution in [1.82, 2.24) is 10.1 Å². The van der Waals surface area contributed by atoms with Crippen molar-refractivity contribution in [1.29, 1.82) is 0 Å². The molecule has 1 aromatic heterocycles. The summed E-state index contributed by atoms with van der Waals surface area (Å²) in [5, 5.41) is 6.61. The fourth-order valence-electron chi connectivity index (χ4n) is 1.68. The lowest BCUT2D eigenvalue weighted by molar-refractivity contribution is 0.231. The topological polar surface area (TPSA) is 86.2 Å². The molecule has 0 aliphatic rings. The molecular formula is C13H17FN4O2. The number of nitrogens with one attached hydrogen (secondary N) is 1. The average Bonchev–Trinajstić information content (AvgIpc) is 2.87. The Hall–Kier alpha value is -2.31. The Balaban J connectivity index is 2.02. The number of ether oxygens (including phenoxy) is 1. The highest BCUT2D eigenvalue weighted by atomic mass is 19.1. The van der Waals surface area contributed by atoms with Crippen molar-refractivity contribution in [3.8, 4) is 5.75 Å². The number of rotatable bonds is 6. The van der Waals surface area contributed by atoms with Crippen LogP contribution in [0.5, 0.6) is 5.75 Å². The fourth-order valence-corrected chi connectivity index (χ4v) is 1.68. The molecule has 0 radical (unpaired) electrons. The second kappa shape index (κ2) is 6.23. The van der Waals surface area contributed by atoms with E-state index in [9.17, 15) is 4.39 Å². The van der Waals surface area contributed by atoms with Gasteiger partial charge < -0.3 is 20.3 Å². The Labute approximate surface area is 116 Å². The van der Waals surface area contributed by atoms with Crippen molar-refractivity contribution in [2.24, 2.45) is 0 Å². The Morgan fingerprint density at radius 3 is 2.90 bits per heavy atom. The number of halogens is 1. The standard InChI is InChI=1S/C13H17FN4O2/c1-8(2)19-12-6-11(10(15)5-9(12)14)16-4-3-13-17-7-18-20-13/h5-8,16H,3-4,15H2,1-2H3. The summed E-state index contributed by atoms with van der Waals surface area (Å²) < 4.78 is 23.9. The van der Waals surface area contributed by atoms with E-state index in [-0.39, 0.29) is 11.9 Å². The van der Waals surface area contributed by atoms with E-state index < -0.39 is 5.82 Å². The molecule has 0 saturated carbocycles. The maximum Gasteiger partial charge on any atom is 0.228 e. The Bertz CT molecular complexity index is 558. The maximum absolute atomic E-state index is 13.7. The molecule has 0 fully saturated rings. The van der Waals surface area contributed by atoms with Crippen LogP contribution in [0.1, 0.15) is 19.7 Å². The summed E-state index contributed by atoms with van der Waals surface area (Å²) in [6, 6.07) is 2.80. The van der Waals surface area contributed by atoms with Crippen molar-refractivity contribution in [3.63, 3.8) is 0 Å². The molecule has 6 nitrogen and oxygen atoms in total. The smallest absolute Gasteiger partial charge is 0.228 e. The van der Waals surface area contributed by atoms with Gasteiger partial charge in [-0.25, -0.2) is 4.39 Å². The zero-order valence-electron chi connectivity index (χ0n) is 11.4. The van der Waals surface area contributed by atoms with Gasteiger partial charge in [-0.3, -0.25) is 0 Å². The predicted octanol–water partition coefficient (Wildman–Crippen LogP) is 2.23. The molecule has 0 spiro atoms. The van der Waals surface area contributed by atoms with Gasteiger partial charge in [-0.2, -0.15) is 4.98 Å². The molecule has 0 aliphatic heterocycles. The van der Waals surface area contributed by atoms with Crippen LogP contribution in [0.3, 0.4) is 0 Å². The van der Waals surface area contributed by atoms with Crippen LogP contribution in [0.15, 0.2) is 23.0 Å². The second-order valence-electron chi connectivity index (χ2n) is 4.55. The number of benzene rings is 1. The molecule has 1 aromatic carbocycles. The molecule has 0 bridgehead atoms. The molecule has 1 heterocycles. The first kappa shape index (κ1) is 14.1. The van der Waals surface area contributed by atoms with Crippen LogP contribution in [0.25, 0.3) is 0 Å². The van der Waals surface area contributed by atoms with Gasteiger partial charge in [-0.1, -0.05) is 5.16 Å². The summed E-state index contributed by atoms with van der Waals surface area (Å²) in [7, 11) is 0. The van der Waals surface area contributed by atoms with Crippen LogP contribution in [-0.2, 0) is 6.42 Å². The molecule has 0 unspecified atom stereocenters. The van der Waals surface area contributed by atoms with E-state index in [4.69, 9.17) is 15.0 Å². The first-order valence-corrected chi connectivity index (χ1v) is 6.31. The summed E-state index contributed by atoms with van der Waals surface area (Å²) in [5.41, 5.74) is 6.71. The lowest BCUT2D eigenvalue weighted by Crippen LogP contribution is -2.10. The van der Waals surface area contributed by atoms with E-state index in [2.05, 4.69) is 15.5 Å². The van der Waals surface area contributed by atoms with Gasteiger partial charge in [0, 0.05) is 25.1 Å². The lowest BCUT2D eigenvalue weighted by Gasteiger charge is -2.14. The molecule has 3 N–H and O–H groups in total. The van der Waals surface area contributed by atoms with Crippen molar-refractivity contribution >= 4 is 11.4 Å². The van der Waals surface area contributed by atoms with Gasteiger partial charge in [0.25, 0.3) is 0 Å². The highest BCUT2D eigenvalue weighted by molar-refractivity contribution is 5.68. The summed E-state index contributed by atoms with van der Waals surface area (Å²) in [6.07, 6.45) is 1.78. The fraction of sp³-hybridized carbons (Fsp3) is 0.385. The quantitative estimate of drug-likeness (QED) is 0.789. The molecule has 2 rings (SSSR count). The molecule has 0 saturated heterocycles. The largest absolute Gasteiger partial charge is 0.488 e. The van der Waals surface area contributed by atoms with Gasteiger partial charge >= 0.3 is 0 Å². The summed E-state index contributed by atoms with van der Waals surface area (Å²) in [6.45, 7) is 4.20. The van der Waals surface area contributed by atoms with Crippen LogP contribution < -0.4 is 15.8 Å². The number of nitrogens with two attached hydrogens (primary N) is 1. The number of hydrogen-bond acceptors (Lipinski definition) is 6. The number of nitrogens with zero attached hydrogens (tertiary/aromatic N) is 2. The van der Waals surface area contributed by atoms with Gasteiger partial charge in [-0.15, -0.1) is 0 Å². The van der Waals surface area contributed by atoms with Crippen LogP contribution in [0.2, 0.25) is 0 Å². The van der Waals surface area contributed by atoms with E-state index in [0.717, 1.165) is 0 Å². The number of nitrogen functional groups attached to an aromatic ring is 1. The first-order chi connectivity index (χ1) is 9.56. The minimum Gasteiger partial charge on any atom is -0.488 e. The van der Waals surface area contributed by atoms with E-state index in [1.807, 2.05) is 13.8 Å². The molecule has 0 aliphatic carbocycles. The minimum atomic E-state index is -0.473. The average molecular weight is 280 g/mol. The van der Waals surface area contributed by atoms with E-state index in [1.54, 1.807) is 6.07 Å². The van der Waals surface area contributed by atoms with E-state index >= 15 is 0 Å². The monoisotopic (exact) mass is 280 g/mol. The molecule has 7 heteroatoms. The zero-order chi connectivity index (χ0) is 14.5. The van der Waals surface area contributed by atoms with Crippen molar-refractivity contribution < 1.29 is 13.7 Å². The Kier molecular flexibility index (Phi) is 4.39. The molecular weight excluding hydrogens is 263 g/mol. The molecule has 0 atom stereocenters. The van der Waals surface area contributed by atoms with Crippen LogP contribution in [0, 0.1) is 5.82 Å². The molecule has 20 heavy (non-hydrogen) atoms. The summed E-state index contributed by atoms with van der Waals surface area (Å²) in [5.74, 6) is 0.227. The van der Waals surface area contributed by atoms with E-state index in [0.29, 0.717) is 30.2 Å². The van der Waals surface area contributed by atoms with Crippen molar-refractivity contribution in [3.05, 3.63) is 30.2 Å². The Morgan fingerprint density at radius 2 is 2.25 bits per heavy atom. The van der Waals surface area contributed by atoms with Crippen LogP contribution >= 0.6 is 0 Å². The third kappa shape index (κ3) is 3.59. The number of aromatic nitrogens is 2. The number of hydrogen-bond donors (Lipinski definition) is 2. The third-order valence-electron chi connectivity index (χ3n) is 2.53. The highest BCUT2D eigenvalue weighted by Gasteiger charge is 2.10. The van der Waals surface area contributed by atoms with Crippen molar-refractivity contribution in [2.75, 3.05) is 17.6 Å². The van der Waals surface area contributed by atoms with Gasteiger partial charge in [0.2, 0.25) is 5.89 Å². The van der Waals surface area contributed by atoms with Gasteiger partial charge in [0.1, 0.15) is 0 Å². The van der Waals surface area contributed by atoms with Gasteiger partial charge in [0.15, 0.2) is 17.9 Å². The Morgan fingerprint density at radius 1 is 1.45 bits per heavy atom. The summed E-state index contributed by atoms with van der Waals surface area (Å²) >= 11 is 0. The minimum absolute atomic E-state index is 0.112. The molecule has 2 aromatic rings. The van der Waals surface area contributed by atoms with Crippen molar-refractivity contribution in [2.45, 2.75) is 26.4 Å². The zero-order valence-corrected chi connectivity index (χ0v) is 11.4. The summed E-state index contributed by atoms with van der Waals surface area (Å²) in [4.78, 5) is 3.91. The second-order valence-corrected chi connectivity index (χ2v) is 4.55. The van der Waals surface area contributed by atoms with Crippen LogP contribution in [0.4, 0.5) is 15.8 Å². The first-order valence-electron chi connectivity index (χ1n) is 6.31. The third-order valence-corrected chi connectivity index (χ3v) is 2.53. The predicted molar refractivity (Wildman–Crippen MR) is 73.1 cm³/mol. The van der Waals surface area contributed by atoms with Gasteiger partial charge in [-0.05, 0) is 13.8 Å². The number of anilines is 2. The van der Waals surface area contributed by atoms with Gasteiger partial charge in [0.05, 0.1) is 17.5 Å². The van der Waals surface area contributed by atoms with E-state index in [1.165, 1.54) is 12.4 Å². The molecule has 0 amide bonds. The van der Waals surface area contributed by atoms with Crippen LogP contribution in [-0.4, -0.2) is 22.8 Å².